The van der Waals surface area contributed by atoms with Crippen LogP contribution in [0.2, 0.25) is 0 Å². The smallest absolute Gasteiger partial charge is 2.00 e. The Hall–Kier alpha value is 2.39. The van der Waals surface area contributed by atoms with E-state index in [0.717, 1.165) is 0 Å². The van der Waals surface area contributed by atoms with E-state index in [2.05, 4.69) is 0 Å². The average molecular weight is 424 g/mol. The molecule has 62 valence electrons. The summed E-state index contributed by atoms with van der Waals surface area (Å²) in [6.07, 6.45) is 0. The van der Waals surface area contributed by atoms with Gasteiger partial charge in [-0.3, -0.25) is 0 Å². The van der Waals surface area contributed by atoms with Crippen LogP contribution in [0.3, 0.4) is 0 Å². The largest absolute Gasteiger partial charge is 9.00 e. The Kier molecular flexibility index (Phi) is 9170. The maximum Gasteiger partial charge on any atom is 9.00 e. The number of rotatable bonds is 0. The molecule has 11 heavy (non-hydrogen) atoms. The predicted molar refractivity (Wildman–Crippen MR) is 6.18 cm³/mol. The minimum absolute atomic E-state index is 0. The van der Waals surface area contributed by atoms with Gasteiger partial charge in [-0.25, -0.2) is 0 Å². The molecule has 0 N–H and O–H groups in total. The Labute approximate surface area is 130 Å². The van der Waals surface area contributed by atoms with E-state index in [-0.39, 0.29) is 133 Å². The molecule has 0 saturated heterocycles. The Bertz CT molecular complexity index is 7.52. The van der Waals surface area contributed by atoms with Crippen LogP contribution in [0.5, 0.6) is 0 Å². The molecule has 0 aliphatic rings. The Morgan fingerprint density at radius 2 is 0.182 bits per heavy atom. The molecular weight excluding hydrogens is 424 g/mol. The summed E-state index contributed by atoms with van der Waals surface area (Å²) < 4.78 is 0. The summed E-state index contributed by atoms with van der Waals surface area (Å²) in [6.45, 7) is 0. The van der Waals surface area contributed by atoms with Gasteiger partial charge in [-0.05, 0) is 0 Å². The predicted octanol–water partition coefficient (Wildman–Crippen LogP) is -1.07. The number of hydrogen-bond acceptors (Lipinski definition) is 0. The normalized spacial score (nSPS) is 0. The van der Waals surface area contributed by atoms with Crippen LogP contribution in [-0.2, 0) is 49.3 Å². The van der Waals surface area contributed by atoms with Crippen LogP contribution in [0.15, 0.2) is 0 Å². The van der Waals surface area contributed by atoms with Crippen LogP contribution in [0.4, 0.5) is 0 Å². The van der Waals surface area contributed by atoms with Gasteiger partial charge in [-0.1, -0.05) is 0 Å². The Balaban J connectivity index is 0. The van der Waals surface area contributed by atoms with Crippen molar-refractivity contribution in [3.63, 3.8) is 0 Å². The van der Waals surface area contributed by atoms with Crippen LogP contribution in [-0.4, -0.2) is 0 Å². The fourth-order valence-electron chi connectivity index (χ4n) is 0. The van der Waals surface area contributed by atoms with Gasteiger partial charge in [0.1, 0.15) is 0 Å². The van der Waals surface area contributed by atoms with Gasteiger partial charge in [0.15, 0.2) is 0 Å². The molecule has 0 aromatic rings. The zero-order chi connectivity index (χ0) is 0. The molecule has 0 unspecified atom stereocenters. The minimum atomic E-state index is 0. The topological polar surface area (TPSA) is 256 Å². The molecule has 0 fully saturated rings. The zero-order valence-electron chi connectivity index (χ0n) is 4.67. The molecule has 0 rings (SSSR count). The van der Waals surface area contributed by atoms with Crippen LogP contribution >= 0.6 is 0 Å². The van der Waals surface area contributed by atoms with E-state index in [1.165, 1.54) is 0 Å². The standard InChI is InChI=1S/2Ce.9O/q2*+9;9*-2. The molecule has 11 heteroatoms. The fraction of sp³-hybridized carbons (Fsp3) is 0. The average Bonchev–Trinajstić information content (AvgIpc) is 0. The summed E-state index contributed by atoms with van der Waals surface area (Å²) in [7, 11) is 0. The van der Waals surface area contributed by atoms with Crippen LogP contribution in [0.1, 0.15) is 0 Å². The van der Waals surface area contributed by atoms with Gasteiger partial charge in [0.25, 0.3) is 0 Å². The van der Waals surface area contributed by atoms with Crippen molar-refractivity contribution in [3.05, 3.63) is 0 Å². The first-order chi connectivity index (χ1) is 0. The van der Waals surface area contributed by atoms with Crippen molar-refractivity contribution in [2.45, 2.75) is 0 Å². The molecule has 0 heterocycles. The van der Waals surface area contributed by atoms with Gasteiger partial charge in [0.2, 0.25) is 0 Å². The summed E-state index contributed by atoms with van der Waals surface area (Å²) in [6, 6.07) is 0. The maximum absolute atomic E-state index is 0. The molecule has 0 aliphatic carbocycles. The SMILES string of the molecule is [Ce+9].[Ce+9].[O-2].[O-2].[O-2].[O-2].[O-2].[O-2].[O-2].[O-2].[O-2]. The molecule has 9 nitrogen and oxygen atoms in total. The third-order valence-corrected chi connectivity index (χ3v) is 0. The van der Waals surface area contributed by atoms with Crippen LogP contribution < -0.4 is 0 Å². The van der Waals surface area contributed by atoms with Crippen molar-refractivity contribution in [1.82, 2.24) is 0 Å². The second-order valence-electron chi connectivity index (χ2n) is 0. The van der Waals surface area contributed by atoms with Crippen molar-refractivity contribution < 1.29 is 133 Å². The quantitative estimate of drug-likeness (QED) is 0.450. The monoisotopic (exact) mass is 424 g/mol. The minimum Gasteiger partial charge on any atom is -2.00 e. The van der Waals surface area contributed by atoms with E-state index in [1.54, 1.807) is 0 Å². The summed E-state index contributed by atoms with van der Waals surface area (Å²) in [5.41, 5.74) is 0. The molecule has 0 saturated carbocycles. The van der Waals surface area contributed by atoms with Crippen molar-refractivity contribution in [3.8, 4) is 0 Å². The van der Waals surface area contributed by atoms with E-state index in [9.17, 15) is 0 Å². The van der Waals surface area contributed by atoms with E-state index in [0.29, 0.717) is 0 Å². The first-order valence-corrected chi connectivity index (χ1v) is 0. The van der Waals surface area contributed by atoms with Gasteiger partial charge >= 0.3 is 83.5 Å². The second kappa shape index (κ2) is 281. The molecule has 0 radical (unpaired) electrons. The molecule has 0 atom stereocenters. The van der Waals surface area contributed by atoms with E-state index in [1.807, 2.05) is 0 Å². The van der Waals surface area contributed by atoms with Crippen molar-refractivity contribution >= 4 is 0 Å². The van der Waals surface area contributed by atoms with E-state index >= 15 is 0 Å². The third-order valence-electron chi connectivity index (χ3n) is 0. The number of hydrogen-bond donors (Lipinski definition) is 0. The van der Waals surface area contributed by atoms with Crippen LogP contribution in [0.25, 0.3) is 0 Å². The molecule has 0 aliphatic heterocycles. The summed E-state index contributed by atoms with van der Waals surface area (Å²) in [5.74, 6) is 0. The summed E-state index contributed by atoms with van der Waals surface area (Å²) in [5, 5.41) is 0. The van der Waals surface area contributed by atoms with Gasteiger partial charge in [0.05, 0.1) is 0 Å². The molecule has 0 spiro atoms. The molecule has 0 bridgehead atoms. The first-order valence-electron chi connectivity index (χ1n) is 0. The van der Waals surface area contributed by atoms with Gasteiger partial charge in [-0.15, -0.1) is 0 Å². The van der Waals surface area contributed by atoms with Crippen molar-refractivity contribution in [2.24, 2.45) is 0 Å². The van der Waals surface area contributed by atoms with E-state index in [4.69, 9.17) is 0 Å². The second-order valence-corrected chi connectivity index (χ2v) is 0. The van der Waals surface area contributed by atoms with Gasteiger partial charge in [-0.2, -0.15) is 0 Å². The van der Waals surface area contributed by atoms with Crippen molar-refractivity contribution in [1.29, 1.82) is 0 Å². The van der Waals surface area contributed by atoms with Gasteiger partial charge in [0, 0.05) is 0 Å². The maximum atomic E-state index is 0. The van der Waals surface area contributed by atoms with E-state index < -0.39 is 0 Å². The summed E-state index contributed by atoms with van der Waals surface area (Å²) >= 11 is 0. The summed E-state index contributed by atoms with van der Waals surface area (Å²) in [4.78, 5) is 0. The van der Waals surface area contributed by atoms with Crippen molar-refractivity contribution in [2.75, 3.05) is 0 Å². The molecular formula is Ce2O9. The first kappa shape index (κ1) is 359. The molecule has 0 aromatic carbocycles. The Morgan fingerprint density at radius 3 is 0.182 bits per heavy atom. The molecule has 0 amide bonds. The zero-order valence-corrected chi connectivity index (χ0v) is 11.0. The third kappa shape index (κ3) is 234. The van der Waals surface area contributed by atoms with Crippen LogP contribution in [0, 0.1) is 83.5 Å². The molecule has 0 aromatic heterocycles. The Morgan fingerprint density at radius 1 is 0.182 bits per heavy atom. The fourth-order valence-corrected chi connectivity index (χ4v) is 0. The van der Waals surface area contributed by atoms with Gasteiger partial charge < -0.3 is 49.3 Å².